The SMILES string of the molecule is CCC1=C(C)c2c(-c3ccccc3)cccc2C1(Cl)[Si]C1(Cl)C(CC)=C(C)c2c(-c3ccccc3)cccc21.[Zr]. The summed E-state index contributed by atoms with van der Waals surface area (Å²) in [6.07, 6.45) is 1.78. The van der Waals surface area contributed by atoms with E-state index in [4.69, 9.17) is 23.2 Å². The van der Waals surface area contributed by atoms with E-state index >= 15 is 0 Å². The Morgan fingerprint density at radius 1 is 0.550 bits per heavy atom. The molecule has 198 valence electrons. The summed E-state index contributed by atoms with van der Waals surface area (Å²) in [5.74, 6) is 0. The summed E-state index contributed by atoms with van der Waals surface area (Å²) in [6, 6.07) is 34.5. The number of hydrogen-bond acceptors (Lipinski definition) is 0. The van der Waals surface area contributed by atoms with Gasteiger partial charge < -0.3 is 0 Å². The number of rotatable bonds is 6. The van der Waals surface area contributed by atoms with E-state index in [0.29, 0.717) is 0 Å². The molecule has 6 rings (SSSR count). The molecule has 0 nitrogen and oxygen atoms in total. The van der Waals surface area contributed by atoms with Crippen molar-refractivity contribution in [3.05, 3.63) is 130 Å². The van der Waals surface area contributed by atoms with Gasteiger partial charge in [-0.3, -0.25) is 0 Å². The number of allylic oxidation sites excluding steroid dienone is 4. The molecule has 2 atom stereocenters. The fourth-order valence-corrected chi connectivity index (χ4v) is 10.9. The van der Waals surface area contributed by atoms with E-state index in [9.17, 15) is 0 Å². The van der Waals surface area contributed by atoms with Crippen LogP contribution < -0.4 is 0 Å². The van der Waals surface area contributed by atoms with Crippen LogP contribution >= 0.6 is 23.2 Å². The first-order chi connectivity index (χ1) is 18.8. The Morgan fingerprint density at radius 2 is 0.925 bits per heavy atom. The van der Waals surface area contributed by atoms with Crippen LogP contribution in [0.2, 0.25) is 0 Å². The van der Waals surface area contributed by atoms with Crippen molar-refractivity contribution in [2.45, 2.75) is 49.5 Å². The Balaban J connectivity index is 0.00000323. The molecular weight excluding hydrogens is 623 g/mol. The van der Waals surface area contributed by atoms with Crippen molar-refractivity contribution in [3.63, 3.8) is 0 Å². The molecule has 0 aliphatic heterocycles. The molecule has 0 amide bonds. The van der Waals surface area contributed by atoms with Crippen LogP contribution in [0.3, 0.4) is 0 Å². The van der Waals surface area contributed by atoms with E-state index < -0.39 is 8.99 Å². The normalized spacial score (nSPS) is 21.4. The van der Waals surface area contributed by atoms with Gasteiger partial charge in [0.25, 0.3) is 0 Å². The second-order valence-electron chi connectivity index (χ2n) is 10.5. The fraction of sp³-hybridized carbons (Fsp3) is 0.222. The second kappa shape index (κ2) is 11.4. The summed E-state index contributed by atoms with van der Waals surface area (Å²) < 4.78 is -1.32. The number of hydrogen-bond donors (Lipinski definition) is 0. The smallest absolute Gasteiger partial charge is 0.114 e. The summed E-state index contributed by atoms with van der Waals surface area (Å²) in [4.78, 5) is 0. The van der Waals surface area contributed by atoms with E-state index in [1.54, 1.807) is 0 Å². The molecule has 0 fully saturated rings. The molecule has 2 unspecified atom stereocenters. The maximum absolute atomic E-state index is 7.93. The Hall–Kier alpha value is -1.96. The van der Waals surface area contributed by atoms with Crippen molar-refractivity contribution in [2.75, 3.05) is 0 Å². The Kier molecular flexibility index (Phi) is 8.40. The van der Waals surface area contributed by atoms with E-state index in [1.165, 1.54) is 66.8 Å². The minimum atomic E-state index is -0.661. The number of halogens is 2. The van der Waals surface area contributed by atoms with Crippen LogP contribution in [0.25, 0.3) is 33.4 Å². The molecule has 0 saturated heterocycles. The summed E-state index contributed by atoms with van der Waals surface area (Å²) in [5, 5.41) is 0. The van der Waals surface area contributed by atoms with Gasteiger partial charge in [0.15, 0.2) is 0 Å². The maximum atomic E-state index is 7.93. The molecule has 2 aliphatic carbocycles. The van der Waals surface area contributed by atoms with E-state index in [1.807, 2.05) is 0 Å². The molecule has 40 heavy (non-hydrogen) atoms. The summed E-state index contributed by atoms with van der Waals surface area (Å²) in [5.41, 5.74) is 15.0. The first kappa shape index (κ1) is 29.5. The van der Waals surface area contributed by atoms with E-state index in [-0.39, 0.29) is 35.7 Å². The quantitative estimate of drug-likeness (QED) is 0.143. The molecule has 2 radical (unpaired) electrons. The van der Waals surface area contributed by atoms with Crippen LogP contribution in [0.5, 0.6) is 0 Å². The number of fused-ring (bicyclic) bond motifs is 2. The standard InChI is InChI=1S/C36H32Cl2Si.Zr/c1-5-29-23(3)33-27(25-15-9-7-10-16-25)19-13-21-31(33)35(29,37)39-36(38)30(6-2)24(4)34-28(20-14-22-32(34)36)26-17-11-8-12-18-26;/h7-22H,5-6H2,1-4H3;. The molecule has 0 N–H and O–H groups in total. The van der Waals surface area contributed by atoms with Crippen LogP contribution in [0, 0.1) is 0 Å². The van der Waals surface area contributed by atoms with Gasteiger partial charge in [0.1, 0.15) is 9.52 Å². The minimum absolute atomic E-state index is 0. The zero-order chi connectivity index (χ0) is 27.4. The first-order valence-electron chi connectivity index (χ1n) is 13.8. The van der Waals surface area contributed by atoms with E-state index in [0.717, 1.165) is 12.8 Å². The van der Waals surface area contributed by atoms with Crippen LogP contribution in [0.1, 0.15) is 62.8 Å². The van der Waals surface area contributed by atoms with Gasteiger partial charge in [0, 0.05) is 26.2 Å². The minimum Gasteiger partial charge on any atom is -0.114 e. The molecule has 0 bridgehead atoms. The second-order valence-corrected chi connectivity index (χ2v) is 14.1. The van der Waals surface area contributed by atoms with Crippen molar-refractivity contribution in [1.82, 2.24) is 0 Å². The van der Waals surface area contributed by atoms with Crippen molar-refractivity contribution in [1.29, 1.82) is 0 Å². The average molecular weight is 655 g/mol. The fourth-order valence-electron chi connectivity index (χ4n) is 6.89. The Morgan fingerprint density at radius 3 is 1.27 bits per heavy atom. The summed E-state index contributed by atoms with van der Waals surface area (Å²) in [7, 11) is 0.249. The molecular formula is C36H32Cl2SiZr. The number of benzene rings is 4. The Labute approximate surface area is 270 Å². The van der Waals surface area contributed by atoms with Gasteiger partial charge in [0.05, 0.1) is 8.99 Å². The predicted octanol–water partition coefficient (Wildman–Crippen LogP) is 10.6. The van der Waals surface area contributed by atoms with Gasteiger partial charge in [-0.1, -0.05) is 111 Å². The molecule has 0 saturated carbocycles. The van der Waals surface area contributed by atoms with Crippen molar-refractivity contribution < 1.29 is 26.2 Å². The average Bonchev–Trinajstić information content (AvgIpc) is 3.31. The van der Waals surface area contributed by atoms with Crippen LogP contribution in [-0.2, 0) is 35.2 Å². The molecule has 4 aromatic rings. The van der Waals surface area contributed by atoms with Gasteiger partial charge in [-0.15, -0.1) is 23.2 Å². The molecule has 2 aliphatic rings. The van der Waals surface area contributed by atoms with Crippen molar-refractivity contribution in [2.24, 2.45) is 0 Å². The van der Waals surface area contributed by atoms with Crippen LogP contribution in [0.15, 0.2) is 108 Å². The molecule has 0 aromatic heterocycles. The summed E-state index contributed by atoms with van der Waals surface area (Å²) >= 11 is 15.9. The number of alkyl halides is 2. The third-order valence-electron chi connectivity index (χ3n) is 8.58. The Bertz CT molecular complexity index is 1520. The molecule has 4 heteroatoms. The van der Waals surface area contributed by atoms with Crippen molar-refractivity contribution >= 4 is 43.9 Å². The molecule has 0 spiro atoms. The molecule has 0 heterocycles. The molecule has 4 aromatic carbocycles. The first-order valence-corrected chi connectivity index (χ1v) is 15.6. The van der Waals surface area contributed by atoms with Gasteiger partial charge in [0.2, 0.25) is 0 Å². The van der Waals surface area contributed by atoms with E-state index in [2.05, 4.69) is 125 Å². The van der Waals surface area contributed by atoms with Gasteiger partial charge in [-0.25, -0.2) is 0 Å². The van der Waals surface area contributed by atoms with Gasteiger partial charge in [-0.05, 0) is 93.5 Å². The maximum Gasteiger partial charge on any atom is 0.118 e. The van der Waals surface area contributed by atoms with Crippen LogP contribution in [0.4, 0.5) is 0 Å². The summed E-state index contributed by atoms with van der Waals surface area (Å²) in [6.45, 7) is 8.95. The van der Waals surface area contributed by atoms with Gasteiger partial charge in [-0.2, -0.15) is 0 Å². The monoisotopic (exact) mass is 652 g/mol. The third kappa shape index (κ3) is 4.42. The zero-order valence-corrected chi connectivity index (χ0v) is 28.4. The topological polar surface area (TPSA) is 0 Å². The van der Waals surface area contributed by atoms with Crippen LogP contribution in [-0.4, -0.2) is 9.52 Å². The largest absolute Gasteiger partial charge is 0.118 e. The predicted molar refractivity (Wildman–Crippen MR) is 170 cm³/mol. The van der Waals surface area contributed by atoms with Crippen molar-refractivity contribution in [3.8, 4) is 22.3 Å². The van der Waals surface area contributed by atoms with Gasteiger partial charge >= 0.3 is 0 Å². The third-order valence-corrected chi connectivity index (χ3v) is 11.8. The zero-order valence-electron chi connectivity index (χ0n) is 23.4.